The van der Waals surface area contributed by atoms with Crippen LogP contribution in [0.5, 0.6) is 0 Å². The number of hydrogen-bond acceptors (Lipinski definition) is 4. The van der Waals surface area contributed by atoms with Crippen molar-refractivity contribution >= 4 is 28.3 Å². The van der Waals surface area contributed by atoms with E-state index in [1.54, 1.807) is 18.5 Å². The Bertz CT molecular complexity index is 1150. The molecule has 28 heavy (non-hydrogen) atoms. The minimum atomic E-state index is -0.415. The summed E-state index contributed by atoms with van der Waals surface area (Å²) in [5, 5.41) is 11.5. The Kier molecular flexibility index (Phi) is 4.76. The van der Waals surface area contributed by atoms with Crippen molar-refractivity contribution in [2.45, 2.75) is 19.8 Å². The number of hydrogen-bond donors (Lipinski definition) is 3. The van der Waals surface area contributed by atoms with Gasteiger partial charge in [-0.3, -0.25) is 9.89 Å². The van der Waals surface area contributed by atoms with E-state index in [4.69, 9.17) is 5.73 Å². The van der Waals surface area contributed by atoms with E-state index in [-0.39, 0.29) is 0 Å². The third-order valence-electron chi connectivity index (χ3n) is 4.71. The number of amides is 1. The fourth-order valence-electron chi connectivity index (χ4n) is 3.36. The Hall–Kier alpha value is -3.67. The van der Waals surface area contributed by atoms with Crippen LogP contribution in [0.15, 0.2) is 60.9 Å². The molecule has 0 unspecified atom stereocenters. The molecule has 0 aliphatic rings. The minimum absolute atomic E-state index is 0.415. The highest BCUT2D eigenvalue weighted by molar-refractivity contribution is 5.94. The van der Waals surface area contributed by atoms with E-state index in [2.05, 4.69) is 27.4 Å². The number of anilines is 2. The second-order valence-corrected chi connectivity index (χ2v) is 6.68. The maximum absolute atomic E-state index is 11.6. The molecule has 6 heteroatoms. The standard InChI is InChI=1S/C22H21N5O/c1-2-4-14-11-15(21(23)28)7-9-18(14)19-5-3-10-24-22(19)26-17-8-6-16-13-25-27-20(16)12-17/h3,5-13H,2,4H2,1H3,(H2,23,28)(H,24,26)(H,25,27). The van der Waals surface area contributed by atoms with E-state index in [0.29, 0.717) is 5.56 Å². The van der Waals surface area contributed by atoms with Crippen LogP contribution in [0, 0.1) is 0 Å². The molecular weight excluding hydrogens is 350 g/mol. The number of aryl methyl sites for hydroxylation is 1. The van der Waals surface area contributed by atoms with Crippen molar-refractivity contribution < 1.29 is 4.79 Å². The smallest absolute Gasteiger partial charge is 0.248 e. The van der Waals surface area contributed by atoms with Gasteiger partial charge in [0, 0.05) is 28.4 Å². The first-order valence-corrected chi connectivity index (χ1v) is 9.24. The zero-order chi connectivity index (χ0) is 19.5. The Morgan fingerprint density at radius 1 is 1.14 bits per heavy atom. The number of fused-ring (bicyclic) bond motifs is 1. The molecule has 0 bridgehead atoms. The van der Waals surface area contributed by atoms with E-state index in [1.165, 1.54) is 0 Å². The lowest BCUT2D eigenvalue weighted by atomic mass is 9.95. The number of pyridine rings is 1. The molecule has 0 aliphatic heterocycles. The number of primary amides is 1. The van der Waals surface area contributed by atoms with Gasteiger partial charge in [-0.05, 0) is 60.0 Å². The minimum Gasteiger partial charge on any atom is -0.366 e. The average Bonchev–Trinajstić information content (AvgIpc) is 3.17. The lowest BCUT2D eigenvalue weighted by Crippen LogP contribution is -2.11. The van der Waals surface area contributed by atoms with Crippen LogP contribution >= 0.6 is 0 Å². The third kappa shape index (κ3) is 3.44. The Labute approximate surface area is 162 Å². The molecule has 4 N–H and O–H groups in total. The predicted octanol–water partition coefficient (Wildman–Crippen LogP) is 4.42. The summed E-state index contributed by atoms with van der Waals surface area (Å²) in [6.07, 6.45) is 5.38. The van der Waals surface area contributed by atoms with Crippen molar-refractivity contribution in [3.05, 3.63) is 72.1 Å². The van der Waals surface area contributed by atoms with Crippen LogP contribution in [0.4, 0.5) is 11.5 Å². The van der Waals surface area contributed by atoms with Crippen molar-refractivity contribution in [1.29, 1.82) is 0 Å². The number of aromatic amines is 1. The summed E-state index contributed by atoms with van der Waals surface area (Å²) < 4.78 is 0. The molecule has 1 amide bonds. The topological polar surface area (TPSA) is 96.7 Å². The average molecular weight is 371 g/mol. The summed E-state index contributed by atoms with van der Waals surface area (Å²) in [6.45, 7) is 2.11. The Morgan fingerprint density at radius 2 is 2.04 bits per heavy atom. The molecule has 0 aliphatic carbocycles. The van der Waals surface area contributed by atoms with Crippen LogP contribution in [-0.4, -0.2) is 21.1 Å². The second-order valence-electron chi connectivity index (χ2n) is 6.68. The molecular formula is C22H21N5O. The van der Waals surface area contributed by atoms with Gasteiger partial charge in [0.2, 0.25) is 5.91 Å². The first-order chi connectivity index (χ1) is 13.7. The highest BCUT2D eigenvalue weighted by Crippen LogP contribution is 2.32. The van der Waals surface area contributed by atoms with Crippen molar-refractivity contribution in [3.8, 4) is 11.1 Å². The molecule has 0 atom stereocenters. The van der Waals surface area contributed by atoms with Crippen LogP contribution in [-0.2, 0) is 6.42 Å². The van der Waals surface area contributed by atoms with Gasteiger partial charge in [0.25, 0.3) is 0 Å². The second kappa shape index (κ2) is 7.52. The van der Waals surface area contributed by atoms with Gasteiger partial charge in [-0.2, -0.15) is 5.10 Å². The number of H-pyrrole nitrogens is 1. The number of nitrogens with one attached hydrogen (secondary N) is 2. The van der Waals surface area contributed by atoms with Crippen LogP contribution in [0.3, 0.4) is 0 Å². The van der Waals surface area contributed by atoms with E-state index in [9.17, 15) is 4.79 Å². The first kappa shape index (κ1) is 17.7. The fourth-order valence-corrected chi connectivity index (χ4v) is 3.36. The van der Waals surface area contributed by atoms with Crippen molar-refractivity contribution in [1.82, 2.24) is 15.2 Å². The van der Waals surface area contributed by atoms with E-state index >= 15 is 0 Å². The van der Waals surface area contributed by atoms with E-state index in [1.807, 2.05) is 42.5 Å². The molecule has 6 nitrogen and oxygen atoms in total. The van der Waals surface area contributed by atoms with Crippen LogP contribution in [0.25, 0.3) is 22.0 Å². The normalized spacial score (nSPS) is 10.9. The zero-order valence-corrected chi connectivity index (χ0v) is 15.6. The van der Waals surface area contributed by atoms with Gasteiger partial charge in [0.1, 0.15) is 5.82 Å². The molecule has 2 aromatic carbocycles. The number of nitrogens with two attached hydrogens (primary N) is 1. The SMILES string of the molecule is CCCc1cc(C(N)=O)ccc1-c1cccnc1Nc1ccc2cn[nH]c2c1. The number of carbonyl (C=O) groups is 1. The van der Waals surface area contributed by atoms with Gasteiger partial charge in [-0.1, -0.05) is 19.4 Å². The van der Waals surface area contributed by atoms with Gasteiger partial charge in [0.05, 0.1) is 11.7 Å². The summed E-state index contributed by atoms with van der Waals surface area (Å²) in [7, 11) is 0. The Balaban J connectivity index is 1.76. The summed E-state index contributed by atoms with van der Waals surface area (Å²) >= 11 is 0. The van der Waals surface area contributed by atoms with Crippen molar-refractivity contribution in [3.63, 3.8) is 0 Å². The maximum atomic E-state index is 11.6. The first-order valence-electron chi connectivity index (χ1n) is 9.24. The van der Waals surface area contributed by atoms with Crippen LogP contribution in [0.2, 0.25) is 0 Å². The van der Waals surface area contributed by atoms with Crippen LogP contribution in [0.1, 0.15) is 29.3 Å². The summed E-state index contributed by atoms with van der Waals surface area (Å²) in [6, 6.07) is 15.6. The molecule has 4 rings (SSSR count). The van der Waals surface area contributed by atoms with Gasteiger partial charge in [-0.15, -0.1) is 0 Å². The van der Waals surface area contributed by atoms with E-state index in [0.717, 1.165) is 51.9 Å². The van der Waals surface area contributed by atoms with Gasteiger partial charge < -0.3 is 11.1 Å². The third-order valence-corrected chi connectivity index (χ3v) is 4.71. The maximum Gasteiger partial charge on any atom is 0.248 e. The molecule has 4 aromatic rings. The summed E-state index contributed by atoms with van der Waals surface area (Å²) in [5.41, 5.74) is 11.0. The summed E-state index contributed by atoms with van der Waals surface area (Å²) in [5.74, 6) is 0.340. The van der Waals surface area contributed by atoms with Gasteiger partial charge in [-0.25, -0.2) is 4.98 Å². The lowest BCUT2D eigenvalue weighted by molar-refractivity contribution is 0.1000. The Morgan fingerprint density at radius 3 is 2.86 bits per heavy atom. The largest absolute Gasteiger partial charge is 0.366 e. The molecule has 0 fully saturated rings. The molecule has 0 spiro atoms. The number of benzene rings is 2. The van der Waals surface area contributed by atoms with Crippen LogP contribution < -0.4 is 11.1 Å². The predicted molar refractivity (Wildman–Crippen MR) is 112 cm³/mol. The van der Waals surface area contributed by atoms with Gasteiger partial charge >= 0.3 is 0 Å². The number of carbonyl (C=O) groups excluding carboxylic acids is 1. The molecule has 0 saturated heterocycles. The zero-order valence-electron chi connectivity index (χ0n) is 15.6. The molecule has 0 saturated carbocycles. The number of nitrogens with zero attached hydrogens (tertiary/aromatic N) is 2. The number of aromatic nitrogens is 3. The molecule has 140 valence electrons. The highest BCUT2D eigenvalue weighted by Gasteiger charge is 2.13. The van der Waals surface area contributed by atoms with Gasteiger partial charge in [0.15, 0.2) is 0 Å². The number of rotatable bonds is 6. The lowest BCUT2D eigenvalue weighted by Gasteiger charge is -2.15. The summed E-state index contributed by atoms with van der Waals surface area (Å²) in [4.78, 5) is 16.1. The quantitative estimate of drug-likeness (QED) is 0.467. The molecule has 2 aromatic heterocycles. The molecule has 0 radical (unpaired) electrons. The molecule has 2 heterocycles. The van der Waals surface area contributed by atoms with Crippen molar-refractivity contribution in [2.75, 3.05) is 5.32 Å². The van der Waals surface area contributed by atoms with E-state index < -0.39 is 5.91 Å². The fraction of sp³-hybridized carbons (Fsp3) is 0.136. The monoisotopic (exact) mass is 371 g/mol. The highest BCUT2D eigenvalue weighted by atomic mass is 16.1. The van der Waals surface area contributed by atoms with Crippen molar-refractivity contribution in [2.24, 2.45) is 5.73 Å².